The average molecular weight is 466 g/mol. The first-order chi connectivity index (χ1) is 15.4. The Balaban J connectivity index is 1.79. The zero-order valence-corrected chi connectivity index (χ0v) is 18.8. The summed E-state index contributed by atoms with van der Waals surface area (Å²) in [6, 6.07) is 5.97. The molecule has 33 heavy (non-hydrogen) atoms. The molecule has 1 aliphatic rings. The third kappa shape index (κ3) is 6.05. The fourth-order valence-corrected chi connectivity index (χ4v) is 3.47. The Bertz CT molecular complexity index is 1100. The lowest BCUT2D eigenvalue weighted by atomic mass is 9.92. The van der Waals surface area contributed by atoms with E-state index in [0.717, 1.165) is 10.9 Å². The van der Waals surface area contributed by atoms with Gasteiger partial charge in [-0.05, 0) is 36.7 Å². The van der Waals surface area contributed by atoms with Crippen LogP contribution in [0.25, 0.3) is 6.20 Å². The highest BCUT2D eigenvalue weighted by molar-refractivity contribution is 5.75. The monoisotopic (exact) mass is 465 g/mol. The normalized spacial score (nSPS) is 17.1. The Hall–Kier alpha value is -3.05. The van der Waals surface area contributed by atoms with Crippen LogP contribution in [0.2, 0.25) is 0 Å². The largest absolute Gasteiger partial charge is 0.407 e. The first-order valence-corrected chi connectivity index (χ1v) is 10.6. The topological polar surface area (TPSA) is 128 Å². The highest BCUT2D eigenvalue weighted by Gasteiger charge is 2.40. The number of aliphatic hydroxyl groups is 1. The summed E-state index contributed by atoms with van der Waals surface area (Å²) in [5, 5.41) is 13.8. The van der Waals surface area contributed by atoms with Crippen molar-refractivity contribution < 1.29 is 18.3 Å². The van der Waals surface area contributed by atoms with Crippen LogP contribution in [-0.2, 0) is 5.41 Å². The van der Waals surface area contributed by atoms with Crippen molar-refractivity contribution in [1.82, 2.24) is 10.3 Å². The molecule has 2 atom stereocenters. The fourth-order valence-electron chi connectivity index (χ4n) is 3.47. The highest BCUT2D eigenvalue weighted by Crippen LogP contribution is 2.33. The van der Waals surface area contributed by atoms with E-state index >= 15 is 0 Å². The van der Waals surface area contributed by atoms with Crippen molar-refractivity contribution >= 4 is 17.8 Å². The third-order valence-corrected chi connectivity index (χ3v) is 5.24. The van der Waals surface area contributed by atoms with E-state index in [4.69, 9.17) is 11.5 Å². The maximum atomic E-state index is 13.6. The summed E-state index contributed by atoms with van der Waals surface area (Å²) in [7, 11) is 0. The lowest BCUT2D eigenvalue weighted by molar-refractivity contribution is -0.157. The van der Waals surface area contributed by atoms with Gasteiger partial charge in [0, 0.05) is 34.8 Å². The number of hydrogen-bond acceptors (Lipinski definition) is 5. The predicted octanol–water partition coefficient (Wildman–Crippen LogP) is 1.32. The number of benzene rings is 1. The van der Waals surface area contributed by atoms with Crippen LogP contribution in [0, 0.1) is 0 Å². The fraction of sp³-hybridized carbons (Fsp3) is 0.455. The number of hydrogen-bond donors (Lipinski definition) is 5. The molecular weight excluding hydrogens is 435 g/mol. The van der Waals surface area contributed by atoms with Gasteiger partial charge in [0.05, 0.1) is 0 Å². The molecule has 0 bridgehead atoms. The lowest BCUT2D eigenvalue weighted by Gasteiger charge is -2.26. The van der Waals surface area contributed by atoms with Gasteiger partial charge in [-0.2, -0.15) is 13.2 Å². The minimum absolute atomic E-state index is 0.0638. The molecule has 1 aromatic heterocycles. The van der Waals surface area contributed by atoms with E-state index in [0.29, 0.717) is 17.6 Å². The molecule has 1 aliphatic heterocycles. The summed E-state index contributed by atoms with van der Waals surface area (Å²) >= 11 is 0. The number of rotatable bonds is 7. The van der Waals surface area contributed by atoms with Gasteiger partial charge in [0.1, 0.15) is 11.5 Å². The Morgan fingerprint density at radius 3 is 2.48 bits per heavy atom. The van der Waals surface area contributed by atoms with Crippen molar-refractivity contribution in [3.05, 3.63) is 52.3 Å². The minimum atomic E-state index is -4.48. The van der Waals surface area contributed by atoms with Gasteiger partial charge in [0.25, 0.3) is 0 Å². The lowest BCUT2D eigenvalue weighted by Crippen LogP contribution is -2.41. The van der Waals surface area contributed by atoms with Crippen molar-refractivity contribution in [2.24, 2.45) is 21.5 Å². The van der Waals surface area contributed by atoms with Gasteiger partial charge in [-0.1, -0.05) is 32.9 Å². The standard InChI is InChI=1S/C22H30F3N7O/c1-21(2,3)16-11-14-12-32(20(33)31-18(14)30-16)15-7-5-13(6-8-15)17(22(23,24)25)28-9-4-10-29-19(26)27/h5-8,11-12,17,20,28,33H,4,9-10H2,1-3H3,(H,30,31)(H4,26,27,29). The van der Waals surface area contributed by atoms with Gasteiger partial charge in [-0.3, -0.25) is 4.99 Å². The molecule has 0 radical (unpaired) electrons. The van der Waals surface area contributed by atoms with E-state index in [2.05, 4.69) is 41.1 Å². The Morgan fingerprint density at radius 2 is 1.91 bits per heavy atom. The molecule has 0 saturated carbocycles. The SMILES string of the molecule is CC(C)(C)c1cc2c([nH]1)=NC(O)N(c1ccc(C(NCCCN=C(N)N)C(F)(F)F)cc1)C=2. The van der Waals surface area contributed by atoms with Gasteiger partial charge in [-0.15, -0.1) is 0 Å². The smallest absolute Gasteiger partial charge is 0.370 e. The van der Waals surface area contributed by atoms with Crippen LogP contribution in [0.3, 0.4) is 0 Å². The molecule has 8 nitrogen and oxygen atoms in total. The number of aliphatic imine (C=N–C) groups is 1. The van der Waals surface area contributed by atoms with Gasteiger partial charge in [-0.25, -0.2) is 4.99 Å². The Morgan fingerprint density at radius 1 is 1.24 bits per heavy atom. The zero-order chi connectivity index (χ0) is 24.4. The molecule has 0 amide bonds. The molecule has 2 unspecified atom stereocenters. The number of fused-ring (bicyclic) bond motifs is 1. The second-order valence-electron chi connectivity index (χ2n) is 8.93. The summed E-state index contributed by atoms with van der Waals surface area (Å²) < 4.78 is 40.9. The third-order valence-electron chi connectivity index (χ3n) is 5.24. The number of nitrogens with one attached hydrogen (secondary N) is 2. The van der Waals surface area contributed by atoms with E-state index in [1.807, 2.05) is 6.07 Å². The molecule has 3 rings (SSSR count). The maximum absolute atomic E-state index is 13.6. The molecule has 7 N–H and O–H groups in total. The van der Waals surface area contributed by atoms with Crippen LogP contribution in [0.1, 0.15) is 44.5 Å². The first kappa shape index (κ1) is 24.6. The van der Waals surface area contributed by atoms with Crippen molar-refractivity contribution in [2.45, 2.75) is 51.2 Å². The summed E-state index contributed by atoms with van der Waals surface area (Å²) in [4.78, 5) is 12.8. The maximum Gasteiger partial charge on any atom is 0.407 e. The van der Waals surface area contributed by atoms with E-state index in [1.54, 1.807) is 6.20 Å². The van der Waals surface area contributed by atoms with E-state index in [9.17, 15) is 18.3 Å². The van der Waals surface area contributed by atoms with Crippen molar-refractivity contribution in [3.8, 4) is 0 Å². The molecule has 1 aromatic carbocycles. The molecular formula is C22H30F3N7O. The Labute approximate surface area is 189 Å². The number of H-pyrrole nitrogens is 1. The van der Waals surface area contributed by atoms with Crippen molar-refractivity contribution in [1.29, 1.82) is 0 Å². The summed E-state index contributed by atoms with van der Waals surface area (Å²) in [5.41, 5.74) is 12.4. The number of aromatic amines is 1. The molecule has 2 aromatic rings. The Kier molecular flexibility index (Phi) is 7.03. The zero-order valence-electron chi connectivity index (χ0n) is 18.8. The number of guanidine groups is 1. The number of aliphatic hydroxyl groups excluding tert-OH is 1. The molecule has 0 saturated heterocycles. The number of halogens is 3. The first-order valence-electron chi connectivity index (χ1n) is 10.6. The van der Waals surface area contributed by atoms with Crippen molar-refractivity contribution in [3.63, 3.8) is 0 Å². The molecule has 0 fully saturated rings. The number of alkyl halides is 3. The number of nitrogens with zero attached hydrogens (tertiary/aromatic N) is 3. The van der Waals surface area contributed by atoms with Crippen LogP contribution in [0.4, 0.5) is 18.9 Å². The second-order valence-corrected chi connectivity index (χ2v) is 8.93. The summed E-state index contributed by atoms with van der Waals surface area (Å²) in [6.07, 6.45) is -3.58. The van der Waals surface area contributed by atoms with Crippen LogP contribution >= 0.6 is 0 Å². The molecule has 0 aliphatic carbocycles. The number of aromatic nitrogens is 1. The molecule has 11 heteroatoms. The predicted molar refractivity (Wildman–Crippen MR) is 122 cm³/mol. The highest BCUT2D eigenvalue weighted by atomic mass is 19.4. The summed E-state index contributed by atoms with van der Waals surface area (Å²) in [6.45, 7) is 6.51. The average Bonchev–Trinajstić information content (AvgIpc) is 3.12. The van der Waals surface area contributed by atoms with E-state index < -0.39 is 18.6 Å². The number of nitrogens with two attached hydrogens (primary N) is 2. The minimum Gasteiger partial charge on any atom is -0.370 e. The van der Waals surface area contributed by atoms with Crippen molar-refractivity contribution in [2.75, 3.05) is 18.0 Å². The van der Waals surface area contributed by atoms with Gasteiger partial charge in [0.2, 0.25) is 6.35 Å². The molecule has 2 heterocycles. The van der Waals surface area contributed by atoms with Crippen LogP contribution in [0.15, 0.2) is 40.3 Å². The summed E-state index contributed by atoms with van der Waals surface area (Å²) in [5.74, 6) is -0.0946. The van der Waals surface area contributed by atoms with Gasteiger partial charge < -0.3 is 31.8 Å². The van der Waals surface area contributed by atoms with E-state index in [-0.39, 0.29) is 30.0 Å². The van der Waals surface area contributed by atoms with Gasteiger partial charge in [0.15, 0.2) is 5.96 Å². The molecule has 0 spiro atoms. The quantitative estimate of drug-likeness (QED) is 0.239. The molecule has 180 valence electrons. The van der Waals surface area contributed by atoms with Crippen LogP contribution in [0.5, 0.6) is 0 Å². The van der Waals surface area contributed by atoms with Crippen LogP contribution < -0.4 is 32.4 Å². The van der Waals surface area contributed by atoms with Crippen LogP contribution in [-0.4, -0.2) is 41.7 Å². The number of anilines is 1. The van der Waals surface area contributed by atoms with E-state index in [1.165, 1.54) is 29.2 Å². The second kappa shape index (κ2) is 9.44. The van der Waals surface area contributed by atoms with Gasteiger partial charge >= 0.3 is 6.18 Å².